The van der Waals surface area contributed by atoms with Crippen LogP contribution in [0.1, 0.15) is 15.9 Å². The summed E-state index contributed by atoms with van der Waals surface area (Å²) in [5.41, 5.74) is 1.37. The number of ether oxygens (including phenoxy) is 1. The smallest absolute Gasteiger partial charge is 0.197 e. The van der Waals surface area contributed by atoms with E-state index in [4.69, 9.17) is 4.74 Å². The second kappa shape index (κ2) is 5.50. The van der Waals surface area contributed by atoms with Gasteiger partial charge in [0, 0.05) is 5.56 Å². The minimum absolute atomic E-state index is 0.233. The van der Waals surface area contributed by atoms with E-state index in [0.717, 1.165) is 5.56 Å². The number of carbonyl (C=O) groups excluding carboxylic acids is 1. The van der Waals surface area contributed by atoms with Gasteiger partial charge in [0.1, 0.15) is 12.3 Å². The van der Waals surface area contributed by atoms with Crippen molar-refractivity contribution in [2.24, 2.45) is 0 Å². The van der Waals surface area contributed by atoms with Gasteiger partial charge in [-0.1, -0.05) is 0 Å². The SMILES string of the molecule is COc1ccc(C(=O)C(O)C[N+](C)(C)C)c(C)c1. The molecule has 0 spiro atoms. The fourth-order valence-corrected chi connectivity index (χ4v) is 1.82. The molecule has 1 rings (SSSR count). The lowest BCUT2D eigenvalue weighted by Crippen LogP contribution is -2.44. The molecule has 4 heteroatoms. The maximum Gasteiger partial charge on any atom is 0.197 e. The number of carbonyl (C=O) groups is 1. The third kappa shape index (κ3) is 3.82. The minimum atomic E-state index is -0.975. The van der Waals surface area contributed by atoms with Crippen LogP contribution >= 0.6 is 0 Å². The van der Waals surface area contributed by atoms with Crippen molar-refractivity contribution >= 4 is 5.78 Å². The van der Waals surface area contributed by atoms with Crippen molar-refractivity contribution < 1.29 is 19.1 Å². The van der Waals surface area contributed by atoms with Gasteiger partial charge in [0.05, 0.1) is 28.3 Å². The molecule has 18 heavy (non-hydrogen) atoms. The fraction of sp³-hybridized carbons (Fsp3) is 0.500. The molecule has 1 N–H and O–H groups in total. The quantitative estimate of drug-likeness (QED) is 0.634. The van der Waals surface area contributed by atoms with E-state index in [2.05, 4.69) is 0 Å². The first kappa shape index (κ1) is 14.7. The second-order valence-corrected chi connectivity index (χ2v) is 5.53. The minimum Gasteiger partial charge on any atom is -0.497 e. The first-order valence-corrected chi connectivity index (χ1v) is 5.92. The Hall–Kier alpha value is -1.39. The Morgan fingerprint density at radius 2 is 2.00 bits per heavy atom. The van der Waals surface area contributed by atoms with Gasteiger partial charge < -0.3 is 14.3 Å². The average molecular weight is 252 g/mol. The molecule has 1 atom stereocenters. The third-order valence-corrected chi connectivity index (χ3v) is 2.72. The predicted molar refractivity (Wildman–Crippen MR) is 71.0 cm³/mol. The van der Waals surface area contributed by atoms with Crippen LogP contribution in [-0.2, 0) is 0 Å². The molecule has 1 aromatic carbocycles. The van der Waals surface area contributed by atoms with Crippen molar-refractivity contribution in [3.8, 4) is 5.75 Å². The summed E-state index contributed by atoms with van der Waals surface area (Å²) in [7, 11) is 7.41. The second-order valence-electron chi connectivity index (χ2n) is 5.53. The van der Waals surface area contributed by atoms with Gasteiger partial charge in [-0.05, 0) is 30.7 Å². The number of nitrogens with zero attached hydrogens (tertiary/aromatic N) is 1. The van der Waals surface area contributed by atoms with E-state index in [-0.39, 0.29) is 5.78 Å². The van der Waals surface area contributed by atoms with Crippen LogP contribution in [0.3, 0.4) is 0 Å². The molecule has 0 heterocycles. The molecule has 0 saturated carbocycles. The van der Waals surface area contributed by atoms with Crippen molar-refractivity contribution in [1.29, 1.82) is 0 Å². The molecular formula is C14H22NO3+. The number of ketones is 1. The number of methoxy groups -OCH3 is 1. The predicted octanol–water partition coefficient (Wildman–Crippen LogP) is 1.25. The summed E-state index contributed by atoms with van der Waals surface area (Å²) in [5.74, 6) is 0.480. The Bertz CT molecular complexity index is 435. The molecule has 0 aliphatic rings. The molecule has 100 valence electrons. The molecule has 0 aliphatic heterocycles. The number of hydrogen-bond acceptors (Lipinski definition) is 3. The van der Waals surface area contributed by atoms with Crippen LogP contribution in [0.15, 0.2) is 18.2 Å². The van der Waals surface area contributed by atoms with Gasteiger partial charge in [-0.25, -0.2) is 0 Å². The summed E-state index contributed by atoms with van der Waals surface area (Å²) in [4.78, 5) is 12.1. The average Bonchev–Trinajstić information content (AvgIpc) is 2.25. The van der Waals surface area contributed by atoms with E-state index in [1.807, 2.05) is 28.1 Å². The molecule has 0 bridgehead atoms. The summed E-state index contributed by atoms with van der Waals surface area (Å²) >= 11 is 0. The number of benzene rings is 1. The topological polar surface area (TPSA) is 46.5 Å². The first-order chi connectivity index (χ1) is 8.24. The molecule has 0 saturated heterocycles. The molecule has 0 amide bonds. The lowest BCUT2D eigenvalue weighted by molar-refractivity contribution is -0.872. The third-order valence-electron chi connectivity index (χ3n) is 2.72. The highest BCUT2D eigenvalue weighted by atomic mass is 16.5. The zero-order valence-corrected chi connectivity index (χ0v) is 11.7. The van der Waals surface area contributed by atoms with Crippen LogP contribution in [0.2, 0.25) is 0 Å². The summed E-state index contributed by atoms with van der Waals surface area (Å²) in [5, 5.41) is 9.96. The van der Waals surface area contributed by atoms with E-state index in [0.29, 0.717) is 22.3 Å². The lowest BCUT2D eigenvalue weighted by Gasteiger charge is -2.26. The number of hydrogen-bond donors (Lipinski definition) is 1. The van der Waals surface area contributed by atoms with E-state index in [1.54, 1.807) is 25.3 Å². The summed E-state index contributed by atoms with van der Waals surface area (Å²) in [6, 6.07) is 5.24. The highest BCUT2D eigenvalue weighted by Gasteiger charge is 2.24. The van der Waals surface area contributed by atoms with E-state index in [1.165, 1.54) is 0 Å². The highest BCUT2D eigenvalue weighted by molar-refractivity contribution is 6.00. The molecule has 0 fully saturated rings. The summed E-state index contributed by atoms with van der Waals surface area (Å²) in [6.45, 7) is 2.23. The van der Waals surface area contributed by atoms with Crippen molar-refractivity contribution in [3.63, 3.8) is 0 Å². The lowest BCUT2D eigenvalue weighted by atomic mass is 10.0. The van der Waals surface area contributed by atoms with E-state index < -0.39 is 6.10 Å². The van der Waals surface area contributed by atoms with Crippen LogP contribution in [0.5, 0.6) is 5.75 Å². The number of Topliss-reactive ketones (excluding diaryl/α,β-unsaturated/α-hetero) is 1. The van der Waals surface area contributed by atoms with Gasteiger partial charge >= 0.3 is 0 Å². The fourth-order valence-electron chi connectivity index (χ4n) is 1.82. The Kier molecular flexibility index (Phi) is 4.48. The molecule has 1 aromatic rings. The summed E-state index contributed by atoms with van der Waals surface area (Å²) < 4.78 is 5.64. The van der Waals surface area contributed by atoms with Gasteiger partial charge in [0.25, 0.3) is 0 Å². The standard InChI is InChI=1S/C14H22NO3/c1-10-8-11(18-5)6-7-12(10)14(17)13(16)9-15(2,3)4/h6-8,13,16H,9H2,1-5H3/q+1. The summed E-state index contributed by atoms with van der Waals surface area (Å²) in [6.07, 6.45) is -0.975. The molecular weight excluding hydrogens is 230 g/mol. The monoisotopic (exact) mass is 252 g/mol. The zero-order chi connectivity index (χ0) is 13.9. The van der Waals surface area contributed by atoms with Crippen LogP contribution in [0.4, 0.5) is 0 Å². The molecule has 0 radical (unpaired) electrons. The Labute approximate surface area is 108 Å². The van der Waals surface area contributed by atoms with Gasteiger partial charge in [-0.15, -0.1) is 0 Å². The Morgan fingerprint density at radius 1 is 1.39 bits per heavy atom. The molecule has 1 unspecified atom stereocenters. The molecule has 4 nitrogen and oxygen atoms in total. The van der Waals surface area contributed by atoms with Crippen LogP contribution < -0.4 is 4.74 Å². The van der Waals surface area contributed by atoms with Gasteiger partial charge in [-0.2, -0.15) is 0 Å². The van der Waals surface area contributed by atoms with Crippen LogP contribution in [-0.4, -0.2) is 56.3 Å². The maximum absolute atomic E-state index is 12.1. The normalized spacial score (nSPS) is 13.2. The van der Waals surface area contributed by atoms with Crippen molar-refractivity contribution in [1.82, 2.24) is 0 Å². The van der Waals surface area contributed by atoms with Crippen LogP contribution in [0.25, 0.3) is 0 Å². The molecule has 0 aromatic heterocycles. The number of aryl methyl sites for hydroxylation is 1. The van der Waals surface area contributed by atoms with Gasteiger partial charge in [-0.3, -0.25) is 4.79 Å². The number of aliphatic hydroxyl groups excluding tert-OH is 1. The zero-order valence-electron chi connectivity index (χ0n) is 11.7. The largest absolute Gasteiger partial charge is 0.497 e. The Balaban J connectivity index is 2.90. The van der Waals surface area contributed by atoms with Crippen LogP contribution in [0, 0.1) is 6.92 Å². The van der Waals surface area contributed by atoms with Crippen molar-refractivity contribution in [2.75, 3.05) is 34.8 Å². The number of aliphatic hydroxyl groups is 1. The first-order valence-electron chi connectivity index (χ1n) is 5.92. The van der Waals surface area contributed by atoms with Crippen molar-refractivity contribution in [2.45, 2.75) is 13.0 Å². The van der Waals surface area contributed by atoms with E-state index in [9.17, 15) is 9.90 Å². The van der Waals surface area contributed by atoms with Gasteiger partial charge in [0.2, 0.25) is 0 Å². The number of quaternary nitrogens is 1. The maximum atomic E-state index is 12.1. The number of likely N-dealkylation sites (N-methyl/N-ethyl adjacent to an activating group) is 1. The highest BCUT2D eigenvalue weighted by Crippen LogP contribution is 2.18. The number of rotatable bonds is 5. The Morgan fingerprint density at radius 3 is 2.44 bits per heavy atom. The molecule has 0 aliphatic carbocycles. The van der Waals surface area contributed by atoms with E-state index >= 15 is 0 Å². The van der Waals surface area contributed by atoms with Crippen molar-refractivity contribution in [3.05, 3.63) is 29.3 Å². The van der Waals surface area contributed by atoms with Gasteiger partial charge in [0.15, 0.2) is 11.9 Å².